The van der Waals surface area contributed by atoms with E-state index in [9.17, 15) is 0 Å². The van der Waals surface area contributed by atoms with Crippen LogP contribution in [-0.4, -0.2) is 0 Å². The minimum atomic E-state index is 0.843. The Morgan fingerprint density at radius 3 is 2.67 bits per heavy atom. The van der Waals surface area contributed by atoms with E-state index >= 15 is 0 Å². The zero-order chi connectivity index (χ0) is 6.69. The van der Waals surface area contributed by atoms with Crippen molar-refractivity contribution in [3.8, 4) is 0 Å². The van der Waals surface area contributed by atoms with Crippen molar-refractivity contribution in [2.75, 3.05) is 0 Å². The van der Waals surface area contributed by atoms with E-state index in [1.807, 2.05) is 0 Å². The summed E-state index contributed by atoms with van der Waals surface area (Å²) in [6.07, 6.45) is 7.72. The maximum absolute atomic E-state index is 3.84. The minimum absolute atomic E-state index is 0.843. The SMILES string of the molecule is C=CC(CCC)C1CC1. The quantitative estimate of drug-likeness (QED) is 0.505. The van der Waals surface area contributed by atoms with Crippen LogP contribution < -0.4 is 0 Å². The monoisotopic (exact) mass is 124 g/mol. The van der Waals surface area contributed by atoms with Gasteiger partial charge in [0.2, 0.25) is 0 Å². The second-order valence-corrected chi connectivity index (χ2v) is 3.03. The van der Waals surface area contributed by atoms with Gasteiger partial charge in [0, 0.05) is 0 Å². The summed E-state index contributed by atoms with van der Waals surface area (Å²) < 4.78 is 0. The Morgan fingerprint density at radius 2 is 2.33 bits per heavy atom. The summed E-state index contributed by atoms with van der Waals surface area (Å²) >= 11 is 0. The molecule has 52 valence electrons. The molecule has 0 aromatic heterocycles. The summed E-state index contributed by atoms with van der Waals surface area (Å²) in [4.78, 5) is 0. The van der Waals surface area contributed by atoms with Gasteiger partial charge in [-0.1, -0.05) is 19.4 Å². The second-order valence-electron chi connectivity index (χ2n) is 3.03. The van der Waals surface area contributed by atoms with Crippen molar-refractivity contribution >= 4 is 0 Å². The summed E-state index contributed by atoms with van der Waals surface area (Å²) in [6, 6.07) is 0. The first-order valence-corrected chi connectivity index (χ1v) is 4.01. The third kappa shape index (κ3) is 1.85. The fourth-order valence-electron chi connectivity index (χ4n) is 1.40. The van der Waals surface area contributed by atoms with Crippen LogP contribution in [0, 0.1) is 11.8 Å². The molecule has 1 unspecified atom stereocenters. The third-order valence-corrected chi connectivity index (χ3v) is 2.15. The molecule has 0 heterocycles. The van der Waals surface area contributed by atoms with Crippen molar-refractivity contribution in [1.82, 2.24) is 0 Å². The first-order valence-electron chi connectivity index (χ1n) is 4.01. The van der Waals surface area contributed by atoms with Gasteiger partial charge in [-0.05, 0) is 31.1 Å². The molecule has 0 saturated heterocycles. The number of hydrogen-bond acceptors (Lipinski definition) is 0. The molecule has 0 aliphatic heterocycles. The Labute approximate surface area is 58.0 Å². The fourth-order valence-corrected chi connectivity index (χ4v) is 1.40. The van der Waals surface area contributed by atoms with Gasteiger partial charge in [-0.2, -0.15) is 0 Å². The van der Waals surface area contributed by atoms with Crippen LogP contribution in [-0.2, 0) is 0 Å². The van der Waals surface area contributed by atoms with Gasteiger partial charge in [0.25, 0.3) is 0 Å². The molecule has 0 heteroatoms. The van der Waals surface area contributed by atoms with Crippen molar-refractivity contribution in [3.63, 3.8) is 0 Å². The van der Waals surface area contributed by atoms with E-state index in [0.717, 1.165) is 11.8 Å². The number of allylic oxidation sites excluding steroid dienone is 1. The van der Waals surface area contributed by atoms with Gasteiger partial charge in [0.1, 0.15) is 0 Å². The Bertz CT molecular complexity index is 90.2. The van der Waals surface area contributed by atoms with Crippen LogP contribution in [0.4, 0.5) is 0 Å². The predicted octanol–water partition coefficient (Wildman–Crippen LogP) is 3.00. The Balaban J connectivity index is 2.20. The van der Waals surface area contributed by atoms with Gasteiger partial charge in [-0.15, -0.1) is 6.58 Å². The van der Waals surface area contributed by atoms with Crippen LogP contribution in [0.25, 0.3) is 0 Å². The molecule has 1 atom stereocenters. The van der Waals surface area contributed by atoms with E-state index in [2.05, 4.69) is 19.6 Å². The van der Waals surface area contributed by atoms with Crippen LogP contribution in [0.5, 0.6) is 0 Å². The molecule has 0 nitrogen and oxygen atoms in total. The lowest BCUT2D eigenvalue weighted by molar-refractivity contribution is 0.517. The van der Waals surface area contributed by atoms with E-state index in [1.54, 1.807) is 0 Å². The van der Waals surface area contributed by atoms with Crippen LogP contribution in [0.3, 0.4) is 0 Å². The lowest BCUT2D eigenvalue weighted by atomic mass is 9.99. The normalized spacial score (nSPS) is 21.4. The van der Waals surface area contributed by atoms with Crippen molar-refractivity contribution in [2.24, 2.45) is 11.8 Å². The van der Waals surface area contributed by atoms with Gasteiger partial charge in [0.05, 0.1) is 0 Å². The topological polar surface area (TPSA) is 0 Å². The van der Waals surface area contributed by atoms with E-state index in [4.69, 9.17) is 0 Å². The van der Waals surface area contributed by atoms with Crippen molar-refractivity contribution in [2.45, 2.75) is 32.6 Å². The molecule has 1 aliphatic carbocycles. The second kappa shape index (κ2) is 3.05. The van der Waals surface area contributed by atoms with Gasteiger partial charge in [0.15, 0.2) is 0 Å². The lowest BCUT2D eigenvalue weighted by Gasteiger charge is -2.07. The average Bonchev–Trinajstić information content (AvgIpc) is 2.64. The van der Waals surface area contributed by atoms with Crippen LogP contribution in [0.2, 0.25) is 0 Å². The predicted molar refractivity (Wildman–Crippen MR) is 41.3 cm³/mol. The summed E-state index contributed by atoms with van der Waals surface area (Å²) in [5, 5.41) is 0. The van der Waals surface area contributed by atoms with Crippen LogP contribution >= 0.6 is 0 Å². The summed E-state index contributed by atoms with van der Waals surface area (Å²) in [6.45, 7) is 6.09. The van der Waals surface area contributed by atoms with E-state index in [0.29, 0.717) is 0 Å². The highest BCUT2D eigenvalue weighted by molar-refractivity contribution is 4.90. The number of rotatable bonds is 4. The molecule has 0 N–H and O–H groups in total. The third-order valence-electron chi connectivity index (χ3n) is 2.15. The molecule has 1 saturated carbocycles. The highest BCUT2D eigenvalue weighted by Crippen LogP contribution is 2.39. The van der Waals surface area contributed by atoms with Gasteiger partial charge < -0.3 is 0 Å². The molecule has 0 aromatic carbocycles. The molecule has 0 aromatic rings. The largest absolute Gasteiger partial charge is 0.103 e. The summed E-state index contributed by atoms with van der Waals surface area (Å²) in [5.74, 6) is 1.86. The Kier molecular flexibility index (Phi) is 2.32. The first kappa shape index (κ1) is 6.85. The molecule has 9 heavy (non-hydrogen) atoms. The highest BCUT2D eigenvalue weighted by Gasteiger charge is 2.27. The van der Waals surface area contributed by atoms with Crippen molar-refractivity contribution in [1.29, 1.82) is 0 Å². The highest BCUT2D eigenvalue weighted by atomic mass is 14.3. The molecular weight excluding hydrogens is 108 g/mol. The van der Waals surface area contributed by atoms with E-state index < -0.39 is 0 Å². The molecule has 0 amide bonds. The summed E-state index contributed by atoms with van der Waals surface area (Å²) in [7, 11) is 0. The molecule has 1 aliphatic rings. The van der Waals surface area contributed by atoms with Crippen LogP contribution in [0.15, 0.2) is 12.7 Å². The standard InChI is InChI=1S/C9H16/c1-3-5-8(4-2)9-6-7-9/h4,8-9H,2-3,5-7H2,1H3. The lowest BCUT2D eigenvalue weighted by Crippen LogP contribution is -1.96. The summed E-state index contributed by atoms with van der Waals surface area (Å²) in [5.41, 5.74) is 0. The van der Waals surface area contributed by atoms with E-state index in [1.165, 1.54) is 25.7 Å². The van der Waals surface area contributed by atoms with Gasteiger partial charge in [-0.25, -0.2) is 0 Å². The zero-order valence-corrected chi connectivity index (χ0v) is 6.27. The zero-order valence-electron chi connectivity index (χ0n) is 6.27. The maximum atomic E-state index is 3.84. The molecule has 0 radical (unpaired) electrons. The van der Waals surface area contributed by atoms with Crippen LogP contribution in [0.1, 0.15) is 32.6 Å². The molecule has 0 bridgehead atoms. The maximum Gasteiger partial charge on any atom is -0.0208 e. The van der Waals surface area contributed by atoms with E-state index in [-0.39, 0.29) is 0 Å². The first-order chi connectivity index (χ1) is 4.38. The molecule has 0 spiro atoms. The van der Waals surface area contributed by atoms with Gasteiger partial charge in [-0.3, -0.25) is 0 Å². The smallest absolute Gasteiger partial charge is 0.0208 e. The number of hydrogen-bond donors (Lipinski definition) is 0. The Hall–Kier alpha value is -0.260. The van der Waals surface area contributed by atoms with Gasteiger partial charge >= 0.3 is 0 Å². The average molecular weight is 124 g/mol. The molecule has 1 rings (SSSR count). The molecule has 1 fully saturated rings. The molecular formula is C9H16. The minimum Gasteiger partial charge on any atom is -0.103 e. The fraction of sp³-hybridized carbons (Fsp3) is 0.778. The Morgan fingerprint density at radius 1 is 1.67 bits per heavy atom. The van der Waals surface area contributed by atoms with Crippen molar-refractivity contribution < 1.29 is 0 Å². The van der Waals surface area contributed by atoms with Crippen molar-refractivity contribution in [3.05, 3.63) is 12.7 Å².